The Bertz CT molecular complexity index is 1130. The first-order valence-electron chi connectivity index (χ1n) is 9.60. The summed E-state index contributed by atoms with van der Waals surface area (Å²) in [6.45, 7) is 3.59. The van der Waals surface area contributed by atoms with Crippen LogP contribution in [0.2, 0.25) is 0 Å². The SMILES string of the molecule is CC[C@@H]1CCN(C(=O)c2cncnc2)C[C@@H]1c1ncc2cnc3[nH]ccc3n12. The van der Waals surface area contributed by atoms with Gasteiger partial charge in [-0.3, -0.25) is 9.20 Å². The van der Waals surface area contributed by atoms with E-state index in [1.807, 2.05) is 29.6 Å². The van der Waals surface area contributed by atoms with Crippen molar-refractivity contribution in [3.05, 3.63) is 54.8 Å². The fraction of sp³-hybridized carbons (Fsp3) is 0.350. The Morgan fingerprint density at radius 2 is 2.04 bits per heavy atom. The summed E-state index contributed by atoms with van der Waals surface area (Å²) in [6, 6.07) is 2.02. The minimum Gasteiger partial charge on any atom is -0.345 e. The molecule has 0 unspecified atom stereocenters. The maximum atomic E-state index is 12.9. The molecule has 28 heavy (non-hydrogen) atoms. The first-order chi connectivity index (χ1) is 13.8. The highest BCUT2D eigenvalue weighted by atomic mass is 16.2. The van der Waals surface area contributed by atoms with Gasteiger partial charge in [0.25, 0.3) is 5.91 Å². The molecule has 0 bridgehead atoms. The van der Waals surface area contributed by atoms with Gasteiger partial charge in [-0.25, -0.2) is 19.9 Å². The van der Waals surface area contributed by atoms with E-state index < -0.39 is 0 Å². The molecular weight excluding hydrogens is 354 g/mol. The molecule has 1 aliphatic rings. The van der Waals surface area contributed by atoms with E-state index in [0.717, 1.165) is 41.9 Å². The van der Waals surface area contributed by atoms with Gasteiger partial charge in [-0.2, -0.15) is 0 Å². The van der Waals surface area contributed by atoms with Crippen LogP contribution in [-0.2, 0) is 0 Å². The normalized spacial score (nSPS) is 20.1. The van der Waals surface area contributed by atoms with Crippen molar-refractivity contribution in [2.45, 2.75) is 25.7 Å². The number of imidazole rings is 1. The molecule has 0 aromatic carbocycles. The summed E-state index contributed by atoms with van der Waals surface area (Å²) in [5, 5.41) is 0. The maximum absolute atomic E-state index is 12.9. The zero-order valence-corrected chi connectivity index (χ0v) is 15.6. The number of aromatic amines is 1. The van der Waals surface area contributed by atoms with Crippen LogP contribution in [0, 0.1) is 5.92 Å². The zero-order valence-electron chi connectivity index (χ0n) is 15.6. The summed E-state index contributed by atoms with van der Waals surface area (Å²) in [5.41, 5.74) is 3.35. The molecule has 0 radical (unpaired) electrons. The molecule has 1 fully saturated rings. The van der Waals surface area contributed by atoms with E-state index in [4.69, 9.17) is 4.98 Å². The molecule has 0 spiro atoms. The van der Waals surface area contributed by atoms with Crippen molar-refractivity contribution >= 4 is 22.6 Å². The molecule has 5 heterocycles. The summed E-state index contributed by atoms with van der Waals surface area (Å²) >= 11 is 0. The Balaban J connectivity index is 1.55. The fourth-order valence-electron chi connectivity index (χ4n) is 4.32. The largest absolute Gasteiger partial charge is 0.345 e. The van der Waals surface area contributed by atoms with Crippen LogP contribution in [0.5, 0.6) is 0 Å². The molecule has 4 aromatic rings. The highest BCUT2D eigenvalue weighted by Crippen LogP contribution is 2.35. The minimum atomic E-state index is -0.0190. The Labute approximate surface area is 161 Å². The molecule has 5 rings (SSSR count). The molecule has 1 saturated heterocycles. The maximum Gasteiger partial charge on any atom is 0.257 e. The zero-order chi connectivity index (χ0) is 19.1. The number of carbonyl (C=O) groups excluding carboxylic acids is 1. The second-order valence-corrected chi connectivity index (χ2v) is 7.29. The molecule has 1 amide bonds. The Morgan fingerprint density at radius 1 is 1.21 bits per heavy atom. The van der Waals surface area contributed by atoms with Gasteiger partial charge in [-0.1, -0.05) is 13.3 Å². The van der Waals surface area contributed by atoms with Crippen LogP contribution in [-0.4, -0.2) is 53.2 Å². The second-order valence-electron chi connectivity index (χ2n) is 7.29. The van der Waals surface area contributed by atoms with Gasteiger partial charge in [0, 0.05) is 37.6 Å². The van der Waals surface area contributed by atoms with E-state index in [1.165, 1.54) is 6.33 Å². The number of aromatic nitrogens is 6. The number of H-pyrrole nitrogens is 1. The molecule has 2 atom stereocenters. The standard InChI is InChI=1S/C20H21N7O/c1-2-13-4-6-26(20(28)14-7-21-12-22-8-14)11-16(13)19-25-10-15-9-24-18-17(27(15)19)3-5-23-18/h3,5,7-10,12-13,16,23H,2,4,6,11H2,1H3/t13-,16+/m1/s1. The topological polar surface area (TPSA) is 92.1 Å². The number of rotatable bonds is 3. The molecule has 0 aliphatic carbocycles. The van der Waals surface area contributed by atoms with E-state index in [0.29, 0.717) is 18.0 Å². The lowest BCUT2D eigenvalue weighted by molar-refractivity contribution is 0.0651. The van der Waals surface area contributed by atoms with E-state index in [-0.39, 0.29) is 11.8 Å². The Hall–Kier alpha value is -3.29. The number of nitrogens with zero attached hydrogens (tertiary/aromatic N) is 6. The molecule has 1 aliphatic heterocycles. The summed E-state index contributed by atoms with van der Waals surface area (Å²) in [7, 11) is 0. The molecule has 4 aromatic heterocycles. The van der Waals surface area contributed by atoms with E-state index in [1.54, 1.807) is 12.4 Å². The lowest BCUT2D eigenvalue weighted by atomic mass is 9.83. The van der Waals surface area contributed by atoms with Crippen molar-refractivity contribution < 1.29 is 4.79 Å². The predicted octanol–water partition coefficient (Wildman–Crippen LogP) is 2.66. The third kappa shape index (κ3) is 2.64. The van der Waals surface area contributed by atoms with Crippen LogP contribution in [0.15, 0.2) is 43.4 Å². The number of likely N-dealkylation sites (tertiary alicyclic amines) is 1. The van der Waals surface area contributed by atoms with Gasteiger partial charge in [0.1, 0.15) is 12.2 Å². The summed E-state index contributed by atoms with van der Waals surface area (Å²) in [4.78, 5) is 35.2. The monoisotopic (exact) mass is 375 g/mol. The van der Waals surface area contributed by atoms with Crippen molar-refractivity contribution in [2.24, 2.45) is 5.92 Å². The fourth-order valence-corrected chi connectivity index (χ4v) is 4.32. The number of carbonyl (C=O) groups is 1. The molecule has 1 N–H and O–H groups in total. The van der Waals surface area contributed by atoms with Crippen molar-refractivity contribution in [1.82, 2.24) is 34.2 Å². The number of nitrogens with one attached hydrogen (secondary N) is 1. The minimum absolute atomic E-state index is 0.0190. The quantitative estimate of drug-likeness (QED) is 0.594. The third-order valence-electron chi connectivity index (χ3n) is 5.79. The van der Waals surface area contributed by atoms with E-state index >= 15 is 0 Å². The van der Waals surface area contributed by atoms with Crippen LogP contribution >= 0.6 is 0 Å². The molecule has 0 saturated carbocycles. The molecule has 8 nitrogen and oxygen atoms in total. The summed E-state index contributed by atoms with van der Waals surface area (Å²) in [6.07, 6.45) is 12.2. The van der Waals surface area contributed by atoms with Crippen LogP contribution in [0.4, 0.5) is 0 Å². The lowest BCUT2D eigenvalue weighted by Crippen LogP contribution is -2.43. The van der Waals surface area contributed by atoms with Crippen LogP contribution in [0.25, 0.3) is 16.7 Å². The number of hydrogen-bond acceptors (Lipinski definition) is 5. The van der Waals surface area contributed by atoms with Crippen molar-refractivity contribution in [3.8, 4) is 0 Å². The van der Waals surface area contributed by atoms with Crippen molar-refractivity contribution in [1.29, 1.82) is 0 Å². The third-order valence-corrected chi connectivity index (χ3v) is 5.79. The van der Waals surface area contributed by atoms with Crippen LogP contribution in [0.3, 0.4) is 0 Å². The van der Waals surface area contributed by atoms with E-state index in [2.05, 4.69) is 31.3 Å². The van der Waals surface area contributed by atoms with Gasteiger partial charge >= 0.3 is 0 Å². The highest BCUT2D eigenvalue weighted by Gasteiger charge is 2.34. The predicted molar refractivity (Wildman–Crippen MR) is 104 cm³/mol. The number of amides is 1. The van der Waals surface area contributed by atoms with Crippen molar-refractivity contribution in [3.63, 3.8) is 0 Å². The van der Waals surface area contributed by atoms with Crippen LogP contribution in [0.1, 0.15) is 41.9 Å². The highest BCUT2D eigenvalue weighted by molar-refractivity contribution is 5.93. The summed E-state index contributed by atoms with van der Waals surface area (Å²) in [5.74, 6) is 1.62. The van der Waals surface area contributed by atoms with Gasteiger partial charge in [-0.15, -0.1) is 0 Å². The molecular formula is C20H21N7O. The van der Waals surface area contributed by atoms with Gasteiger partial charge in [0.2, 0.25) is 0 Å². The van der Waals surface area contributed by atoms with Crippen molar-refractivity contribution in [2.75, 3.05) is 13.1 Å². The molecule has 8 heteroatoms. The number of piperidine rings is 1. The van der Waals surface area contributed by atoms with E-state index in [9.17, 15) is 4.79 Å². The first kappa shape index (κ1) is 16.9. The number of hydrogen-bond donors (Lipinski definition) is 1. The van der Waals surface area contributed by atoms with Crippen LogP contribution < -0.4 is 0 Å². The lowest BCUT2D eigenvalue weighted by Gasteiger charge is -2.37. The smallest absolute Gasteiger partial charge is 0.257 e. The first-order valence-corrected chi connectivity index (χ1v) is 9.60. The Kier molecular flexibility index (Phi) is 4.03. The van der Waals surface area contributed by atoms with Gasteiger partial charge in [0.15, 0.2) is 5.65 Å². The van der Waals surface area contributed by atoms with Gasteiger partial charge in [-0.05, 0) is 18.4 Å². The Morgan fingerprint density at radius 3 is 2.86 bits per heavy atom. The number of fused-ring (bicyclic) bond motifs is 3. The second kappa shape index (κ2) is 6.70. The average molecular weight is 375 g/mol. The van der Waals surface area contributed by atoms with Gasteiger partial charge in [0.05, 0.1) is 29.0 Å². The van der Waals surface area contributed by atoms with Gasteiger partial charge < -0.3 is 9.88 Å². The average Bonchev–Trinajstić information content (AvgIpc) is 3.39. The summed E-state index contributed by atoms with van der Waals surface area (Å²) < 4.78 is 2.17. The molecule has 142 valence electrons.